The lowest BCUT2D eigenvalue weighted by Gasteiger charge is -2.21. The van der Waals surface area contributed by atoms with Crippen LogP contribution in [0.3, 0.4) is 0 Å². The maximum atomic E-state index is 12.1. The van der Waals surface area contributed by atoms with Crippen LogP contribution in [0.25, 0.3) is 0 Å². The van der Waals surface area contributed by atoms with Crippen LogP contribution in [0.15, 0.2) is 24.3 Å². The van der Waals surface area contributed by atoms with Gasteiger partial charge in [0.05, 0.1) is 0 Å². The molecule has 4 heteroatoms. The van der Waals surface area contributed by atoms with Crippen molar-refractivity contribution in [2.75, 3.05) is 11.9 Å². The summed E-state index contributed by atoms with van der Waals surface area (Å²) in [6.45, 7) is 4.45. The monoisotopic (exact) mass is 316 g/mol. The Morgan fingerprint density at radius 3 is 2.35 bits per heavy atom. The highest BCUT2D eigenvalue weighted by atomic mass is 16.2. The highest BCUT2D eigenvalue weighted by Gasteiger charge is 2.14. The van der Waals surface area contributed by atoms with Crippen molar-refractivity contribution in [2.24, 2.45) is 11.8 Å². The van der Waals surface area contributed by atoms with E-state index in [1.54, 1.807) is 24.3 Å². The normalized spacial score (nSPS) is 15.4. The standard InChI is InChI=1S/C19H28N2O2/c1-14(2)18(22)21-17-10-8-16(9-11-17)19(23)20-13-12-15-6-4-3-5-7-15/h8-11,14-15H,3-7,12-13H2,1-2H3,(H,20,23)(H,21,22). The average Bonchev–Trinajstić information content (AvgIpc) is 2.56. The molecule has 0 aromatic heterocycles. The first kappa shape index (κ1) is 17.5. The molecule has 0 aliphatic heterocycles. The van der Waals surface area contributed by atoms with Gasteiger partial charge >= 0.3 is 0 Å². The molecule has 1 saturated carbocycles. The fraction of sp³-hybridized carbons (Fsp3) is 0.579. The zero-order chi connectivity index (χ0) is 16.7. The Kier molecular flexibility index (Phi) is 6.63. The Morgan fingerprint density at radius 2 is 1.74 bits per heavy atom. The predicted octanol–water partition coefficient (Wildman–Crippen LogP) is 3.98. The van der Waals surface area contributed by atoms with Gasteiger partial charge in [0.2, 0.25) is 5.91 Å². The minimum absolute atomic E-state index is 0.0188. The maximum absolute atomic E-state index is 12.1. The van der Waals surface area contributed by atoms with Crippen molar-refractivity contribution in [1.82, 2.24) is 5.32 Å². The number of hydrogen-bond donors (Lipinski definition) is 2. The van der Waals surface area contributed by atoms with Crippen molar-refractivity contribution < 1.29 is 9.59 Å². The van der Waals surface area contributed by atoms with Gasteiger partial charge in [0, 0.05) is 23.7 Å². The van der Waals surface area contributed by atoms with Crippen LogP contribution in [0.4, 0.5) is 5.69 Å². The molecule has 0 unspecified atom stereocenters. The van der Waals surface area contributed by atoms with Crippen LogP contribution in [0.1, 0.15) is 62.7 Å². The number of hydrogen-bond acceptors (Lipinski definition) is 2. The summed E-state index contributed by atoms with van der Waals surface area (Å²) in [5, 5.41) is 5.82. The summed E-state index contributed by atoms with van der Waals surface area (Å²) in [5.74, 6) is 0.660. The molecular weight excluding hydrogens is 288 g/mol. The SMILES string of the molecule is CC(C)C(=O)Nc1ccc(C(=O)NCCC2CCCCC2)cc1. The first-order valence-electron chi connectivity index (χ1n) is 8.75. The number of nitrogens with one attached hydrogen (secondary N) is 2. The molecule has 1 aliphatic carbocycles. The van der Waals surface area contributed by atoms with Crippen LogP contribution in [-0.2, 0) is 4.79 Å². The molecule has 1 aromatic rings. The summed E-state index contributed by atoms with van der Waals surface area (Å²) in [5.41, 5.74) is 1.36. The van der Waals surface area contributed by atoms with E-state index in [4.69, 9.17) is 0 Å². The van der Waals surface area contributed by atoms with Crippen LogP contribution >= 0.6 is 0 Å². The number of amides is 2. The number of carbonyl (C=O) groups is 2. The highest BCUT2D eigenvalue weighted by Crippen LogP contribution is 2.25. The summed E-state index contributed by atoms with van der Waals surface area (Å²) in [4.78, 5) is 23.8. The van der Waals surface area contributed by atoms with E-state index in [0.717, 1.165) is 24.6 Å². The molecule has 0 saturated heterocycles. The summed E-state index contributed by atoms with van der Waals surface area (Å²) in [7, 11) is 0. The van der Waals surface area contributed by atoms with E-state index in [-0.39, 0.29) is 17.7 Å². The van der Waals surface area contributed by atoms with Crippen molar-refractivity contribution in [3.05, 3.63) is 29.8 Å². The third-order valence-electron chi connectivity index (χ3n) is 4.50. The second kappa shape index (κ2) is 8.70. The Hall–Kier alpha value is -1.84. The summed E-state index contributed by atoms with van der Waals surface area (Å²) in [6, 6.07) is 7.06. The van der Waals surface area contributed by atoms with E-state index in [9.17, 15) is 9.59 Å². The molecule has 2 N–H and O–H groups in total. The number of rotatable bonds is 6. The Labute approximate surface area is 139 Å². The van der Waals surface area contributed by atoms with Gasteiger partial charge in [0.15, 0.2) is 0 Å². The van der Waals surface area contributed by atoms with E-state index in [0.29, 0.717) is 5.56 Å². The molecule has 1 aliphatic rings. The van der Waals surface area contributed by atoms with Gasteiger partial charge in [0.1, 0.15) is 0 Å². The summed E-state index contributed by atoms with van der Waals surface area (Å²) < 4.78 is 0. The first-order valence-corrected chi connectivity index (χ1v) is 8.75. The Bertz CT molecular complexity index is 517. The van der Waals surface area contributed by atoms with E-state index >= 15 is 0 Å². The van der Waals surface area contributed by atoms with Gasteiger partial charge in [-0.1, -0.05) is 46.0 Å². The van der Waals surface area contributed by atoms with Crippen LogP contribution in [0, 0.1) is 11.8 Å². The minimum atomic E-state index is -0.0576. The molecule has 126 valence electrons. The highest BCUT2D eigenvalue weighted by molar-refractivity contribution is 5.96. The number of anilines is 1. The van der Waals surface area contributed by atoms with Crippen LogP contribution in [0.5, 0.6) is 0 Å². The lowest BCUT2D eigenvalue weighted by Crippen LogP contribution is -2.26. The van der Waals surface area contributed by atoms with Gasteiger partial charge in [0.25, 0.3) is 5.91 Å². The quantitative estimate of drug-likeness (QED) is 0.834. The third kappa shape index (κ3) is 5.70. The molecule has 1 fully saturated rings. The largest absolute Gasteiger partial charge is 0.352 e. The molecular formula is C19H28N2O2. The lowest BCUT2D eigenvalue weighted by atomic mass is 9.87. The van der Waals surface area contributed by atoms with Crippen LogP contribution < -0.4 is 10.6 Å². The van der Waals surface area contributed by atoms with Crippen molar-refractivity contribution in [3.63, 3.8) is 0 Å². The fourth-order valence-corrected chi connectivity index (χ4v) is 2.96. The second-order valence-electron chi connectivity index (χ2n) is 6.77. The lowest BCUT2D eigenvalue weighted by molar-refractivity contribution is -0.118. The van der Waals surface area contributed by atoms with E-state index in [1.165, 1.54) is 32.1 Å². The van der Waals surface area contributed by atoms with E-state index < -0.39 is 0 Å². The van der Waals surface area contributed by atoms with Crippen LogP contribution in [0.2, 0.25) is 0 Å². The van der Waals surface area contributed by atoms with E-state index in [1.807, 2.05) is 13.8 Å². The summed E-state index contributed by atoms with van der Waals surface area (Å²) >= 11 is 0. The predicted molar refractivity (Wildman–Crippen MR) is 93.4 cm³/mol. The number of benzene rings is 1. The van der Waals surface area contributed by atoms with Gasteiger partial charge in [-0.05, 0) is 36.6 Å². The van der Waals surface area contributed by atoms with Gasteiger partial charge in [-0.25, -0.2) is 0 Å². The molecule has 4 nitrogen and oxygen atoms in total. The molecule has 0 heterocycles. The second-order valence-corrected chi connectivity index (χ2v) is 6.77. The topological polar surface area (TPSA) is 58.2 Å². The Balaban J connectivity index is 1.77. The molecule has 0 bridgehead atoms. The maximum Gasteiger partial charge on any atom is 0.251 e. The molecule has 2 rings (SSSR count). The van der Waals surface area contributed by atoms with Gasteiger partial charge in [-0.15, -0.1) is 0 Å². The smallest absolute Gasteiger partial charge is 0.251 e. The number of carbonyl (C=O) groups excluding carboxylic acids is 2. The van der Waals surface area contributed by atoms with Gasteiger partial charge < -0.3 is 10.6 Å². The molecule has 1 aromatic carbocycles. The van der Waals surface area contributed by atoms with Crippen molar-refractivity contribution in [3.8, 4) is 0 Å². The fourth-order valence-electron chi connectivity index (χ4n) is 2.96. The average molecular weight is 316 g/mol. The van der Waals surface area contributed by atoms with Crippen LogP contribution in [-0.4, -0.2) is 18.4 Å². The van der Waals surface area contributed by atoms with E-state index in [2.05, 4.69) is 10.6 Å². The van der Waals surface area contributed by atoms with Gasteiger partial charge in [-0.2, -0.15) is 0 Å². The zero-order valence-corrected chi connectivity index (χ0v) is 14.2. The van der Waals surface area contributed by atoms with Crippen molar-refractivity contribution in [2.45, 2.75) is 52.4 Å². The van der Waals surface area contributed by atoms with Crippen molar-refractivity contribution >= 4 is 17.5 Å². The first-order chi connectivity index (χ1) is 11.1. The molecule has 0 spiro atoms. The molecule has 0 atom stereocenters. The zero-order valence-electron chi connectivity index (χ0n) is 14.2. The summed E-state index contributed by atoms with van der Waals surface area (Å²) in [6.07, 6.45) is 7.72. The Morgan fingerprint density at radius 1 is 1.09 bits per heavy atom. The minimum Gasteiger partial charge on any atom is -0.352 e. The molecule has 2 amide bonds. The molecule has 0 radical (unpaired) electrons. The molecule has 23 heavy (non-hydrogen) atoms. The van der Waals surface area contributed by atoms with Crippen molar-refractivity contribution in [1.29, 1.82) is 0 Å². The third-order valence-corrected chi connectivity index (χ3v) is 4.50. The van der Waals surface area contributed by atoms with Gasteiger partial charge in [-0.3, -0.25) is 9.59 Å².